The van der Waals surface area contributed by atoms with Crippen molar-refractivity contribution in [2.75, 3.05) is 29.3 Å². The summed E-state index contributed by atoms with van der Waals surface area (Å²) in [6.07, 6.45) is 11.5. The molecule has 1 aliphatic heterocycles. The third kappa shape index (κ3) is 5.09. The van der Waals surface area contributed by atoms with Crippen LogP contribution in [-0.4, -0.2) is 58.3 Å². The Balaban J connectivity index is 1.21. The maximum absolute atomic E-state index is 12.2. The number of sulfonamides is 1. The van der Waals surface area contributed by atoms with Crippen molar-refractivity contribution in [1.82, 2.24) is 24.9 Å². The Morgan fingerprint density at radius 2 is 1.79 bits per heavy atom. The maximum Gasteiger partial charge on any atom is 0.236 e. The second kappa shape index (κ2) is 9.49. The lowest BCUT2D eigenvalue weighted by molar-refractivity contribution is 0.325. The van der Waals surface area contributed by atoms with Crippen LogP contribution in [0.2, 0.25) is 0 Å². The van der Waals surface area contributed by atoms with Gasteiger partial charge in [0.05, 0.1) is 41.8 Å². The van der Waals surface area contributed by atoms with E-state index in [9.17, 15) is 8.42 Å². The van der Waals surface area contributed by atoms with Crippen LogP contribution in [0.25, 0.3) is 11.3 Å². The number of piperidine rings is 1. The average Bonchev–Trinajstić information content (AvgIpc) is 3.71. The Kier molecular flexibility index (Phi) is 6.27. The zero-order chi connectivity index (χ0) is 23.5. The highest BCUT2D eigenvalue weighted by molar-refractivity contribution is 7.93. The van der Waals surface area contributed by atoms with Crippen LogP contribution in [0.4, 0.5) is 11.6 Å². The number of hydrogen-bond donors (Lipinski definition) is 1. The van der Waals surface area contributed by atoms with E-state index in [2.05, 4.69) is 34.5 Å². The van der Waals surface area contributed by atoms with Crippen molar-refractivity contribution in [2.24, 2.45) is 0 Å². The molecule has 34 heavy (non-hydrogen) atoms. The highest BCUT2D eigenvalue weighted by atomic mass is 32.2. The van der Waals surface area contributed by atoms with Crippen LogP contribution in [0.1, 0.15) is 44.2 Å². The Morgan fingerprint density at radius 1 is 1.00 bits per heavy atom. The summed E-state index contributed by atoms with van der Waals surface area (Å²) in [6, 6.07) is 3.99. The molecule has 2 fully saturated rings. The van der Waals surface area contributed by atoms with Crippen molar-refractivity contribution in [2.45, 2.75) is 43.8 Å². The molecule has 11 heteroatoms. The van der Waals surface area contributed by atoms with E-state index in [0.717, 1.165) is 48.7 Å². The van der Waals surface area contributed by atoms with E-state index >= 15 is 0 Å². The van der Waals surface area contributed by atoms with Gasteiger partial charge in [-0.3, -0.25) is 14.7 Å². The third-order valence-corrected chi connectivity index (χ3v) is 7.89. The molecule has 3 aromatic rings. The van der Waals surface area contributed by atoms with Crippen LogP contribution in [0.15, 0.2) is 43.1 Å². The quantitative estimate of drug-likeness (QED) is 0.517. The summed E-state index contributed by atoms with van der Waals surface area (Å²) >= 11 is 0. The molecule has 10 nitrogen and oxygen atoms in total. The van der Waals surface area contributed by atoms with E-state index in [1.165, 1.54) is 6.20 Å². The first-order valence-corrected chi connectivity index (χ1v) is 13.1. The fraction of sp³-hybridized carbons (Fsp3) is 0.435. The molecule has 1 N–H and O–H groups in total. The smallest absolute Gasteiger partial charge is 0.236 e. The standard InChI is InChI=1S/C23H27N7O3S/c1-2-33-23-15-25-13-20(28-23)17-3-6-22(26-11-17)30-9-7-16(8-10-30)19-12-24-14-21(27-19)29-34(31,32)18-4-5-18/h3,6,11-16,18H,2,4-5,7-10H2,1H3,(H,27,29). The van der Waals surface area contributed by atoms with Crippen LogP contribution < -0.4 is 14.4 Å². The Bertz CT molecular complexity index is 1240. The summed E-state index contributed by atoms with van der Waals surface area (Å²) in [4.78, 5) is 24.3. The summed E-state index contributed by atoms with van der Waals surface area (Å²) in [5, 5.41) is -0.291. The molecule has 5 rings (SSSR count). The van der Waals surface area contributed by atoms with E-state index < -0.39 is 10.0 Å². The van der Waals surface area contributed by atoms with Crippen LogP contribution in [0, 0.1) is 0 Å². The van der Waals surface area contributed by atoms with Gasteiger partial charge in [0.1, 0.15) is 5.82 Å². The van der Waals surface area contributed by atoms with Gasteiger partial charge >= 0.3 is 0 Å². The lowest BCUT2D eigenvalue weighted by Crippen LogP contribution is -2.33. The number of nitrogens with one attached hydrogen (secondary N) is 1. The molecule has 178 valence electrons. The zero-order valence-electron chi connectivity index (χ0n) is 19.0. The number of ether oxygens (including phenoxy) is 1. The van der Waals surface area contributed by atoms with Crippen molar-refractivity contribution >= 4 is 21.7 Å². The van der Waals surface area contributed by atoms with Gasteiger partial charge in [-0.15, -0.1) is 0 Å². The molecule has 3 aromatic heterocycles. The fourth-order valence-electron chi connectivity index (χ4n) is 4.07. The summed E-state index contributed by atoms with van der Waals surface area (Å²) in [7, 11) is -3.35. The minimum absolute atomic E-state index is 0.227. The van der Waals surface area contributed by atoms with Gasteiger partial charge in [-0.05, 0) is 44.7 Å². The first kappa shape index (κ1) is 22.5. The molecule has 0 unspecified atom stereocenters. The molecule has 1 aliphatic carbocycles. The number of anilines is 2. The molecule has 0 spiro atoms. The average molecular weight is 482 g/mol. The van der Waals surface area contributed by atoms with Crippen LogP contribution in [-0.2, 0) is 10.0 Å². The van der Waals surface area contributed by atoms with Gasteiger partial charge < -0.3 is 9.64 Å². The number of aromatic nitrogens is 5. The normalized spacial score (nSPS) is 16.9. The molecule has 2 aliphatic rings. The second-order valence-corrected chi connectivity index (χ2v) is 10.5. The molecule has 0 atom stereocenters. The topological polar surface area (TPSA) is 123 Å². The summed E-state index contributed by atoms with van der Waals surface area (Å²) in [6.45, 7) is 4.11. The first-order valence-electron chi connectivity index (χ1n) is 11.5. The molecular formula is C23H27N7O3S. The highest BCUT2D eigenvalue weighted by Crippen LogP contribution is 2.31. The Morgan fingerprint density at radius 3 is 2.50 bits per heavy atom. The predicted octanol–water partition coefficient (Wildman–Crippen LogP) is 3.02. The van der Waals surface area contributed by atoms with Crippen molar-refractivity contribution in [3.8, 4) is 17.1 Å². The molecule has 1 saturated carbocycles. The van der Waals surface area contributed by atoms with E-state index in [1.807, 2.05) is 25.3 Å². The highest BCUT2D eigenvalue weighted by Gasteiger charge is 2.36. The summed E-state index contributed by atoms with van der Waals surface area (Å²) < 4.78 is 32.4. The minimum Gasteiger partial charge on any atom is -0.477 e. The van der Waals surface area contributed by atoms with Crippen molar-refractivity contribution in [3.05, 3.63) is 48.8 Å². The maximum atomic E-state index is 12.2. The number of nitrogens with zero attached hydrogens (tertiary/aromatic N) is 6. The Hall–Kier alpha value is -3.34. The number of hydrogen-bond acceptors (Lipinski definition) is 9. The predicted molar refractivity (Wildman–Crippen MR) is 128 cm³/mol. The minimum atomic E-state index is -3.35. The van der Waals surface area contributed by atoms with E-state index in [-0.39, 0.29) is 11.2 Å². The van der Waals surface area contributed by atoms with Crippen LogP contribution in [0.5, 0.6) is 5.88 Å². The monoisotopic (exact) mass is 481 g/mol. The SMILES string of the molecule is CCOc1cncc(-c2ccc(N3CCC(c4cncc(NS(=O)(=O)C5CC5)n4)CC3)nc2)n1. The first-order chi connectivity index (χ1) is 16.5. The summed E-state index contributed by atoms with van der Waals surface area (Å²) in [5.41, 5.74) is 2.43. The van der Waals surface area contributed by atoms with Gasteiger partial charge in [0.2, 0.25) is 15.9 Å². The summed E-state index contributed by atoms with van der Waals surface area (Å²) in [5.74, 6) is 1.94. The molecule has 4 heterocycles. The molecule has 0 bridgehead atoms. The molecule has 0 radical (unpaired) electrons. The van der Waals surface area contributed by atoms with E-state index in [0.29, 0.717) is 31.1 Å². The van der Waals surface area contributed by atoms with Gasteiger partial charge in [0.15, 0.2) is 5.82 Å². The van der Waals surface area contributed by atoms with Crippen LogP contribution in [0.3, 0.4) is 0 Å². The van der Waals surface area contributed by atoms with E-state index in [1.54, 1.807) is 18.6 Å². The molecule has 0 aromatic carbocycles. The van der Waals surface area contributed by atoms with Crippen molar-refractivity contribution in [3.63, 3.8) is 0 Å². The third-order valence-electron chi connectivity index (χ3n) is 6.05. The lowest BCUT2D eigenvalue weighted by atomic mass is 9.94. The molecule has 0 amide bonds. The van der Waals surface area contributed by atoms with Gasteiger partial charge in [0, 0.05) is 37.0 Å². The second-order valence-electron chi connectivity index (χ2n) is 8.52. The number of pyridine rings is 1. The zero-order valence-corrected chi connectivity index (χ0v) is 19.8. The van der Waals surface area contributed by atoms with Crippen molar-refractivity contribution < 1.29 is 13.2 Å². The fourth-order valence-corrected chi connectivity index (χ4v) is 5.38. The van der Waals surface area contributed by atoms with E-state index in [4.69, 9.17) is 4.74 Å². The molecular weight excluding hydrogens is 454 g/mol. The van der Waals surface area contributed by atoms with Gasteiger partial charge in [-0.2, -0.15) is 0 Å². The molecule has 1 saturated heterocycles. The van der Waals surface area contributed by atoms with Crippen molar-refractivity contribution in [1.29, 1.82) is 0 Å². The van der Waals surface area contributed by atoms with Crippen LogP contribution >= 0.6 is 0 Å². The lowest BCUT2D eigenvalue weighted by Gasteiger charge is -2.32. The van der Waals surface area contributed by atoms with Gasteiger partial charge in [-0.25, -0.2) is 23.4 Å². The number of rotatable bonds is 8. The van der Waals surface area contributed by atoms with Gasteiger partial charge in [-0.1, -0.05) is 0 Å². The van der Waals surface area contributed by atoms with Gasteiger partial charge in [0.25, 0.3) is 0 Å². The largest absolute Gasteiger partial charge is 0.477 e. The Labute approximate surface area is 198 Å².